The van der Waals surface area contributed by atoms with Crippen LogP contribution in [0.25, 0.3) is 11.0 Å². The normalized spacial score (nSPS) is 10.7. The number of rotatable bonds is 0. The van der Waals surface area contributed by atoms with E-state index >= 15 is 0 Å². The molecule has 11 heavy (non-hydrogen) atoms. The van der Waals surface area contributed by atoms with Gasteiger partial charge in [0, 0.05) is 3.57 Å². The maximum atomic E-state index is 5.80. The SMILES string of the molecule is Clc1ccc(I)c2nonc12. The van der Waals surface area contributed by atoms with Crippen LogP contribution >= 0.6 is 34.2 Å². The fourth-order valence-electron chi connectivity index (χ4n) is 0.806. The van der Waals surface area contributed by atoms with Crippen molar-refractivity contribution in [3.05, 3.63) is 20.7 Å². The molecule has 1 aromatic carbocycles. The first-order valence-corrected chi connectivity index (χ1v) is 4.31. The number of fused-ring (bicyclic) bond motifs is 1. The Morgan fingerprint density at radius 3 is 2.73 bits per heavy atom. The number of aromatic nitrogens is 2. The van der Waals surface area contributed by atoms with Crippen molar-refractivity contribution in [3.63, 3.8) is 0 Å². The molecule has 0 aliphatic carbocycles. The van der Waals surface area contributed by atoms with Crippen LogP contribution in [0.4, 0.5) is 0 Å². The molecule has 1 aromatic heterocycles. The van der Waals surface area contributed by atoms with Crippen LogP contribution in [0, 0.1) is 3.57 Å². The van der Waals surface area contributed by atoms with Gasteiger partial charge in [-0.1, -0.05) is 11.6 Å². The van der Waals surface area contributed by atoms with Crippen molar-refractivity contribution in [1.82, 2.24) is 10.3 Å². The Bertz CT molecular complexity index is 364. The fraction of sp³-hybridized carbons (Fsp3) is 0. The molecular formula is C6H2ClIN2O. The lowest BCUT2D eigenvalue weighted by atomic mass is 10.3. The zero-order chi connectivity index (χ0) is 7.84. The number of halogens is 2. The van der Waals surface area contributed by atoms with Gasteiger partial charge in [0.15, 0.2) is 5.52 Å². The van der Waals surface area contributed by atoms with E-state index in [1.54, 1.807) is 6.07 Å². The summed E-state index contributed by atoms with van der Waals surface area (Å²) in [6, 6.07) is 3.64. The van der Waals surface area contributed by atoms with Crippen molar-refractivity contribution in [2.75, 3.05) is 0 Å². The summed E-state index contributed by atoms with van der Waals surface area (Å²) < 4.78 is 5.53. The number of hydrogen-bond donors (Lipinski definition) is 0. The van der Waals surface area contributed by atoms with Gasteiger partial charge in [-0.3, -0.25) is 0 Å². The fourth-order valence-corrected chi connectivity index (χ4v) is 1.53. The number of nitrogens with zero attached hydrogens (tertiary/aromatic N) is 2. The minimum atomic E-state index is 0.571. The van der Waals surface area contributed by atoms with Crippen LogP contribution in [0.2, 0.25) is 5.02 Å². The van der Waals surface area contributed by atoms with Gasteiger partial charge < -0.3 is 0 Å². The predicted molar refractivity (Wildman–Crippen MR) is 49.5 cm³/mol. The summed E-state index contributed by atoms with van der Waals surface area (Å²) in [7, 11) is 0. The first kappa shape index (κ1) is 7.30. The lowest BCUT2D eigenvalue weighted by Crippen LogP contribution is -1.76. The van der Waals surface area contributed by atoms with Crippen LogP contribution in [0.3, 0.4) is 0 Å². The molecule has 5 heteroatoms. The van der Waals surface area contributed by atoms with Crippen molar-refractivity contribution in [1.29, 1.82) is 0 Å². The van der Waals surface area contributed by atoms with Crippen molar-refractivity contribution < 1.29 is 4.63 Å². The molecule has 3 nitrogen and oxygen atoms in total. The highest BCUT2D eigenvalue weighted by atomic mass is 127. The third kappa shape index (κ3) is 1.10. The van der Waals surface area contributed by atoms with Crippen LogP contribution in [0.5, 0.6) is 0 Å². The molecule has 0 radical (unpaired) electrons. The van der Waals surface area contributed by atoms with Crippen molar-refractivity contribution >= 4 is 45.2 Å². The van der Waals surface area contributed by atoms with E-state index in [0.29, 0.717) is 10.5 Å². The third-order valence-electron chi connectivity index (χ3n) is 1.32. The van der Waals surface area contributed by atoms with Crippen LogP contribution in [-0.4, -0.2) is 10.3 Å². The smallest absolute Gasteiger partial charge is 0.154 e. The predicted octanol–water partition coefficient (Wildman–Crippen LogP) is 2.48. The quantitative estimate of drug-likeness (QED) is 0.696. The Morgan fingerprint density at radius 1 is 1.27 bits per heavy atom. The molecule has 0 saturated carbocycles. The highest BCUT2D eigenvalue weighted by Crippen LogP contribution is 2.23. The Labute approximate surface area is 80.8 Å². The van der Waals surface area contributed by atoms with E-state index in [-0.39, 0.29) is 0 Å². The van der Waals surface area contributed by atoms with Gasteiger partial charge in [-0.05, 0) is 45.0 Å². The lowest BCUT2D eigenvalue weighted by Gasteiger charge is -1.89. The summed E-state index contributed by atoms with van der Waals surface area (Å²) in [5, 5.41) is 7.93. The molecule has 0 N–H and O–H groups in total. The second kappa shape index (κ2) is 2.60. The van der Waals surface area contributed by atoms with Gasteiger partial charge in [0.1, 0.15) is 5.52 Å². The summed E-state index contributed by atoms with van der Waals surface area (Å²) in [4.78, 5) is 0. The Kier molecular flexibility index (Phi) is 1.72. The minimum Gasteiger partial charge on any atom is -0.243 e. The van der Waals surface area contributed by atoms with Crippen molar-refractivity contribution in [3.8, 4) is 0 Å². The van der Waals surface area contributed by atoms with Gasteiger partial charge in [0.2, 0.25) is 0 Å². The Morgan fingerprint density at radius 2 is 2.00 bits per heavy atom. The summed E-state index contributed by atoms with van der Waals surface area (Å²) >= 11 is 7.95. The summed E-state index contributed by atoms with van der Waals surface area (Å²) in [6.45, 7) is 0. The monoisotopic (exact) mass is 280 g/mol. The number of benzene rings is 1. The van der Waals surface area contributed by atoms with E-state index in [9.17, 15) is 0 Å². The summed E-state index contributed by atoms with van der Waals surface area (Å²) in [5.74, 6) is 0. The van der Waals surface area contributed by atoms with Gasteiger partial charge in [-0.15, -0.1) is 0 Å². The lowest BCUT2D eigenvalue weighted by molar-refractivity contribution is 0.315. The van der Waals surface area contributed by atoms with Gasteiger partial charge in [-0.2, -0.15) is 0 Å². The average molecular weight is 280 g/mol. The van der Waals surface area contributed by atoms with Gasteiger partial charge in [0.25, 0.3) is 0 Å². The Hall–Kier alpha value is -0.360. The average Bonchev–Trinajstić information content (AvgIpc) is 2.45. The molecule has 0 saturated heterocycles. The molecule has 2 aromatic rings. The zero-order valence-corrected chi connectivity index (χ0v) is 8.13. The van der Waals surface area contributed by atoms with E-state index in [0.717, 1.165) is 9.09 Å². The molecule has 0 fully saturated rings. The van der Waals surface area contributed by atoms with Crippen LogP contribution in [0.1, 0.15) is 0 Å². The first-order chi connectivity index (χ1) is 5.29. The molecule has 56 valence electrons. The highest BCUT2D eigenvalue weighted by Gasteiger charge is 2.07. The van der Waals surface area contributed by atoms with Crippen molar-refractivity contribution in [2.45, 2.75) is 0 Å². The van der Waals surface area contributed by atoms with Gasteiger partial charge >= 0.3 is 0 Å². The van der Waals surface area contributed by atoms with Crippen LogP contribution < -0.4 is 0 Å². The summed E-state index contributed by atoms with van der Waals surface area (Å²) in [5.41, 5.74) is 1.34. The first-order valence-electron chi connectivity index (χ1n) is 2.85. The molecular weight excluding hydrogens is 278 g/mol. The van der Waals surface area contributed by atoms with E-state index in [1.807, 2.05) is 6.07 Å². The molecule has 0 bridgehead atoms. The van der Waals surface area contributed by atoms with Crippen LogP contribution in [0.15, 0.2) is 16.8 Å². The maximum Gasteiger partial charge on any atom is 0.154 e. The molecule has 0 spiro atoms. The largest absolute Gasteiger partial charge is 0.243 e. The van der Waals surface area contributed by atoms with E-state index in [2.05, 4.69) is 37.5 Å². The second-order valence-electron chi connectivity index (χ2n) is 1.99. The molecule has 0 aliphatic rings. The standard InChI is InChI=1S/C6H2ClIN2O/c7-3-1-2-4(8)6-5(3)9-11-10-6/h1-2H. The minimum absolute atomic E-state index is 0.571. The molecule has 0 atom stereocenters. The molecule has 0 unspecified atom stereocenters. The maximum absolute atomic E-state index is 5.80. The van der Waals surface area contributed by atoms with Gasteiger partial charge in [0.05, 0.1) is 5.02 Å². The van der Waals surface area contributed by atoms with E-state index in [4.69, 9.17) is 11.6 Å². The van der Waals surface area contributed by atoms with E-state index < -0.39 is 0 Å². The zero-order valence-electron chi connectivity index (χ0n) is 5.21. The molecule has 1 heterocycles. The molecule has 0 amide bonds. The summed E-state index contributed by atoms with van der Waals surface area (Å²) in [6.07, 6.45) is 0. The van der Waals surface area contributed by atoms with Crippen molar-refractivity contribution in [2.24, 2.45) is 0 Å². The number of hydrogen-bond acceptors (Lipinski definition) is 3. The highest BCUT2D eigenvalue weighted by molar-refractivity contribution is 14.1. The van der Waals surface area contributed by atoms with E-state index in [1.165, 1.54) is 0 Å². The third-order valence-corrected chi connectivity index (χ3v) is 2.49. The molecule has 2 rings (SSSR count). The second-order valence-corrected chi connectivity index (χ2v) is 3.56. The topological polar surface area (TPSA) is 38.9 Å². The Balaban J connectivity index is 2.96. The van der Waals surface area contributed by atoms with Crippen LogP contribution in [-0.2, 0) is 0 Å². The molecule has 0 aliphatic heterocycles. The van der Waals surface area contributed by atoms with Gasteiger partial charge in [-0.25, -0.2) is 4.63 Å².